The zero-order chi connectivity index (χ0) is 24.6. The fourth-order valence-corrected chi connectivity index (χ4v) is 3.98. The first kappa shape index (κ1) is 27.0. The first-order valence-electron chi connectivity index (χ1n) is 10.4. The van der Waals surface area contributed by atoms with E-state index in [1.807, 2.05) is 0 Å². The van der Waals surface area contributed by atoms with Gasteiger partial charge in [0, 0.05) is 0 Å². The van der Waals surface area contributed by atoms with Crippen molar-refractivity contribution in [2.45, 2.75) is 99.0 Å². The molecule has 0 bridgehead atoms. The number of hydrogen-bond acceptors (Lipinski definition) is 15. The lowest BCUT2D eigenvalue weighted by Crippen LogP contribution is -2.66. The predicted octanol–water partition coefficient (Wildman–Crippen LogP) is -6.55. The third-order valence-corrected chi connectivity index (χ3v) is 6.05. The highest BCUT2D eigenvalue weighted by atomic mass is 16.8. The summed E-state index contributed by atoms with van der Waals surface area (Å²) in [5.41, 5.74) is 0. The summed E-state index contributed by atoms with van der Waals surface area (Å²) in [6.45, 7) is -0.128. The van der Waals surface area contributed by atoms with Crippen LogP contribution in [0.2, 0.25) is 0 Å². The lowest BCUT2D eigenvalue weighted by Gasteiger charge is -2.48. The van der Waals surface area contributed by atoms with Crippen molar-refractivity contribution in [2.75, 3.05) is 13.2 Å². The second-order valence-electron chi connectivity index (χ2n) is 8.32. The minimum absolute atomic E-state index is 0.760. The highest BCUT2D eigenvalue weighted by Gasteiger charge is 2.53. The second-order valence-corrected chi connectivity index (χ2v) is 8.32. The van der Waals surface area contributed by atoms with E-state index in [9.17, 15) is 51.1 Å². The molecule has 3 aliphatic heterocycles. The molecule has 0 aromatic heterocycles. The van der Waals surface area contributed by atoms with Gasteiger partial charge in [0.1, 0.15) is 67.1 Å². The van der Waals surface area contributed by atoms with E-state index < -0.39 is 105 Å². The zero-order valence-electron chi connectivity index (χ0n) is 17.6. The van der Waals surface area contributed by atoms with Crippen LogP contribution in [0.5, 0.6) is 0 Å². The molecule has 0 amide bonds. The van der Waals surface area contributed by atoms with Gasteiger partial charge in [-0.1, -0.05) is 0 Å². The summed E-state index contributed by atoms with van der Waals surface area (Å²) >= 11 is 0. The third kappa shape index (κ3) is 5.32. The summed E-state index contributed by atoms with van der Waals surface area (Å²) in [5, 5.41) is 99.8. The molecule has 0 radical (unpaired) electrons. The molecular weight excluding hydrogens is 456 g/mol. The van der Waals surface area contributed by atoms with E-state index >= 15 is 0 Å². The Hall–Kier alpha value is -0.600. The predicted molar refractivity (Wildman–Crippen MR) is 99.8 cm³/mol. The molecule has 15 heteroatoms. The standard InChI is InChI=1S/C18H32O15/c1-4-7(21)9(23)13(27)17(29-4)33-15-10(24)8(22)5(2-19)31-18(15)32-14-6(3-20)30-16(28)12(26)11(14)25/h4-28H,2-3H2,1H3/t4-,5-,6+,7-,8-,9+,10+,11+,12+,13-,14+,15-,16+,17+,18+/m0/s1. The van der Waals surface area contributed by atoms with Crippen LogP contribution in [0, 0.1) is 0 Å². The Morgan fingerprint density at radius 2 is 1.12 bits per heavy atom. The van der Waals surface area contributed by atoms with Gasteiger partial charge in [-0.25, -0.2) is 0 Å². The minimum atomic E-state index is -1.83. The fourth-order valence-electron chi connectivity index (χ4n) is 3.98. The Balaban J connectivity index is 1.83. The molecule has 33 heavy (non-hydrogen) atoms. The molecule has 0 unspecified atom stereocenters. The number of hydrogen-bond donors (Lipinski definition) is 10. The van der Waals surface area contributed by atoms with E-state index in [2.05, 4.69) is 0 Å². The molecule has 3 aliphatic rings. The Morgan fingerprint density at radius 1 is 0.545 bits per heavy atom. The van der Waals surface area contributed by atoms with Crippen molar-refractivity contribution < 1.29 is 74.7 Å². The molecule has 15 atom stereocenters. The van der Waals surface area contributed by atoms with Gasteiger partial charge >= 0.3 is 0 Å². The average molecular weight is 488 g/mol. The van der Waals surface area contributed by atoms with Crippen LogP contribution in [0.25, 0.3) is 0 Å². The van der Waals surface area contributed by atoms with Crippen molar-refractivity contribution >= 4 is 0 Å². The van der Waals surface area contributed by atoms with Crippen molar-refractivity contribution in [3.8, 4) is 0 Å². The smallest absolute Gasteiger partial charge is 0.187 e. The maximum Gasteiger partial charge on any atom is 0.187 e. The average Bonchev–Trinajstić information content (AvgIpc) is 2.80. The summed E-state index contributed by atoms with van der Waals surface area (Å²) in [4.78, 5) is 0. The van der Waals surface area contributed by atoms with E-state index in [0.717, 1.165) is 0 Å². The fraction of sp³-hybridized carbons (Fsp3) is 1.00. The van der Waals surface area contributed by atoms with Crippen molar-refractivity contribution in [1.29, 1.82) is 0 Å². The Morgan fingerprint density at radius 3 is 1.73 bits per heavy atom. The van der Waals surface area contributed by atoms with Gasteiger partial charge in [0.05, 0.1) is 19.3 Å². The van der Waals surface area contributed by atoms with Gasteiger partial charge in [-0.2, -0.15) is 0 Å². The van der Waals surface area contributed by atoms with Crippen LogP contribution in [-0.2, 0) is 23.7 Å². The molecule has 10 N–H and O–H groups in total. The first-order valence-corrected chi connectivity index (χ1v) is 10.4. The number of aliphatic hydroxyl groups is 10. The van der Waals surface area contributed by atoms with E-state index in [4.69, 9.17) is 23.7 Å². The zero-order valence-corrected chi connectivity index (χ0v) is 17.6. The van der Waals surface area contributed by atoms with Crippen LogP contribution in [0.15, 0.2) is 0 Å². The molecule has 3 heterocycles. The van der Waals surface area contributed by atoms with Crippen molar-refractivity contribution in [3.63, 3.8) is 0 Å². The summed E-state index contributed by atoms with van der Waals surface area (Å²) < 4.78 is 26.9. The summed E-state index contributed by atoms with van der Waals surface area (Å²) in [5.74, 6) is 0. The van der Waals surface area contributed by atoms with E-state index in [1.54, 1.807) is 0 Å². The summed E-state index contributed by atoms with van der Waals surface area (Å²) in [7, 11) is 0. The monoisotopic (exact) mass is 488 g/mol. The van der Waals surface area contributed by atoms with Gasteiger partial charge in [-0.3, -0.25) is 0 Å². The minimum Gasteiger partial charge on any atom is -0.394 e. The van der Waals surface area contributed by atoms with Crippen molar-refractivity contribution in [3.05, 3.63) is 0 Å². The first-order chi connectivity index (χ1) is 15.5. The van der Waals surface area contributed by atoms with Gasteiger partial charge < -0.3 is 74.7 Å². The Kier molecular flexibility index (Phi) is 8.99. The van der Waals surface area contributed by atoms with Crippen LogP contribution < -0.4 is 0 Å². The Labute approximate surface area is 187 Å². The highest BCUT2D eigenvalue weighted by Crippen LogP contribution is 2.32. The largest absolute Gasteiger partial charge is 0.394 e. The molecule has 3 saturated heterocycles. The highest BCUT2D eigenvalue weighted by molar-refractivity contribution is 4.95. The lowest BCUT2D eigenvalue weighted by molar-refractivity contribution is -0.385. The molecule has 0 aromatic rings. The normalized spacial score (nSPS) is 53.7. The number of ether oxygens (including phenoxy) is 5. The van der Waals surface area contributed by atoms with Gasteiger partial charge in [0.25, 0.3) is 0 Å². The third-order valence-electron chi connectivity index (χ3n) is 6.05. The van der Waals surface area contributed by atoms with Gasteiger partial charge in [0.2, 0.25) is 0 Å². The molecule has 15 nitrogen and oxygen atoms in total. The topological polar surface area (TPSA) is 248 Å². The maximum absolute atomic E-state index is 10.6. The van der Waals surface area contributed by atoms with Crippen molar-refractivity contribution in [2.24, 2.45) is 0 Å². The lowest BCUT2D eigenvalue weighted by atomic mass is 9.96. The molecule has 194 valence electrons. The van der Waals surface area contributed by atoms with Crippen LogP contribution in [0.3, 0.4) is 0 Å². The van der Waals surface area contributed by atoms with E-state index in [-0.39, 0.29) is 0 Å². The molecule has 3 rings (SSSR count). The molecule has 0 spiro atoms. The van der Waals surface area contributed by atoms with Crippen LogP contribution >= 0.6 is 0 Å². The summed E-state index contributed by atoms with van der Waals surface area (Å²) in [6, 6.07) is 0. The number of aliphatic hydroxyl groups excluding tert-OH is 10. The molecule has 0 aliphatic carbocycles. The Bertz CT molecular complexity index is 624. The summed E-state index contributed by atoms with van der Waals surface area (Å²) in [6.07, 6.45) is -24.1. The molecule has 3 fully saturated rings. The molecule has 0 aromatic carbocycles. The van der Waals surface area contributed by atoms with E-state index in [1.165, 1.54) is 6.92 Å². The van der Waals surface area contributed by atoms with Crippen LogP contribution in [-0.4, -0.2) is 156 Å². The van der Waals surface area contributed by atoms with Gasteiger partial charge in [-0.05, 0) is 6.92 Å². The molecular formula is C18H32O15. The number of rotatable bonds is 6. The SMILES string of the molecule is C[C@@H]1O[C@H](O[C@@H]2[C@@H](O[C@H]3[C@H](O)[C@@H](O)[C@H](O)O[C@@H]3CO)O[C@@H](CO)[C@H](O)[C@H]2O)[C@@H](O)[C@H](O)[C@H]1O. The van der Waals surface area contributed by atoms with Gasteiger partial charge in [0.15, 0.2) is 18.9 Å². The van der Waals surface area contributed by atoms with E-state index in [0.29, 0.717) is 0 Å². The van der Waals surface area contributed by atoms with Crippen LogP contribution in [0.1, 0.15) is 6.92 Å². The maximum atomic E-state index is 10.6. The second kappa shape index (κ2) is 11.0. The van der Waals surface area contributed by atoms with Gasteiger partial charge in [-0.15, -0.1) is 0 Å². The quantitative estimate of drug-likeness (QED) is 0.167. The molecule has 0 saturated carbocycles. The van der Waals surface area contributed by atoms with Crippen LogP contribution in [0.4, 0.5) is 0 Å². The van der Waals surface area contributed by atoms with Crippen molar-refractivity contribution in [1.82, 2.24) is 0 Å².